The van der Waals surface area contributed by atoms with Crippen LogP contribution in [0.15, 0.2) is 5.11 Å². The summed E-state index contributed by atoms with van der Waals surface area (Å²) in [7, 11) is 0. The van der Waals surface area contributed by atoms with Crippen molar-refractivity contribution in [1.29, 1.82) is 0 Å². The zero-order valence-corrected chi connectivity index (χ0v) is 6.98. The molecule has 3 N–H and O–H groups in total. The largest absolute Gasteiger partial charge is 0.391 e. The molecule has 0 aromatic heterocycles. The summed E-state index contributed by atoms with van der Waals surface area (Å²) >= 11 is 0. The van der Waals surface area contributed by atoms with Crippen molar-refractivity contribution >= 4 is 0 Å². The van der Waals surface area contributed by atoms with Crippen molar-refractivity contribution in [2.45, 2.75) is 37.6 Å². The number of nitrogens with zero attached hydrogens (tertiary/aromatic N) is 3. The second-order valence-electron chi connectivity index (χ2n) is 2.92. The average molecular weight is 189 g/mol. The third kappa shape index (κ3) is 1.90. The Hall–Kier alpha value is -0.850. The molecule has 0 bridgehead atoms. The van der Waals surface area contributed by atoms with Crippen LogP contribution >= 0.6 is 0 Å². The molecule has 74 valence electrons. The summed E-state index contributed by atoms with van der Waals surface area (Å²) in [5.41, 5.74) is 8.08. The molecule has 7 heteroatoms. The first-order valence-electron chi connectivity index (χ1n) is 3.81. The first kappa shape index (κ1) is 10.2. The third-order valence-electron chi connectivity index (χ3n) is 1.92. The van der Waals surface area contributed by atoms with Gasteiger partial charge in [0.15, 0.2) is 6.23 Å². The Labute approximate surface area is 74.2 Å². The van der Waals surface area contributed by atoms with E-state index in [4.69, 9.17) is 15.4 Å². The second-order valence-corrected chi connectivity index (χ2v) is 2.92. The van der Waals surface area contributed by atoms with Gasteiger partial charge in [-0.3, -0.25) is 0 Å². The van der Waals surface area contributed by atoms with Crippen LogP contribution in [-0.4, -0.2) is 46.0 Å². The van der Waals surface area contributed by atoms with Gasteiger partial charge in [-0.15, -0.1) is 0 Å². The molecule has 0 aromatic rings. The lowest BCUT2D eigenvalue weighted by atomic mass is 10.1. The summed E-state index contributed by atoms with van der Waals surface area (Å²) in [5, 5.41) is 30.8. The minimum Gasteiger partial charge on any atom is -0.391 e. The molecular weight excluding hydrogens is 178 g/mol. The fourth-order valence-electron chi connectivity index (χ4n) is 1.23. The van der Waals surface area contributed by atoms with Crippen molar-refractivity contribution in [1.82, 2.24) is 0 Å². The second kappa shape index (κ2) is 3.91. The Bertz CT molecular complexity index is 228. The van der Waals surface area contributed by atoms with Gasteiger partial charge in [-0.05, 0) is 12.5 Å². The van der Waals surface area contributed by atoms with Crippen molar-refractivity contribution in [3.8, 4) is 0 Å². The number of aliphatic hydroxyl groups excluding tert-OH is 3. The van der Waals surface area contributed by atoms with Gasteiger partial charge >= 0.3 is 0 Å². The van der Waals surface area contributed by atoms with E-state index in [-0.39, 0.29) is 0 Å². The van der Waals surface area contributed by atoms with E-state index >= 15 is 0 Å². The lowest BCUT2D eigenvalue weighted by Crippen LogP contribution is -2.37. The molecular formula is C6H11N3O4. The summed E-state index contributed by atoms with van der Waals surface area (Å²) in [4.78, 5) is 2.44. The van der Waals surface area contributed by atoms with Crippen molar-refractivity contribution in [2.24, 2.45) is 5.11 Å². The highest BCUT2D eigenvalue weighted by Gasteiger charge is 2.44. The Morgan fingerprint density at radius 1 is 1.46 bits per heavy atom. The topological polar surface area (TPSA) is 119 Å². The van der Waals surface area contributed by atoms with Crippen LogP contribution in [0.1, 0.15) is 6.92 Å². The van der Waals surface area contributed by atoms with E-state index in [0.29, 0.717) is 0 Å². The Kier molecular flexibility index (Phi) is 3.07. The molecule has 1 heterocycles. The minimum absolute atomic E-state index is 0.912. The number of hydrogen-bond acceptors (Lipinski definition) is 5. The van der Waals surface area contributed by atoms with Crippen molar-refractivity contribution in [3.05, 3.63) is 10.4 Å². The van der Waals surface area contributed by atoms with E-state index in [9.17, 15) is 10.2 Å². The van der Waals surface area contributed by atoms with E-state index in [0.717, 1.165) is 0 Å². The molecule has 1 saturated heterocycles. The highest BCUT2D eigenvalue weighted by Crippen LogP contribution is 2.24. The first-order valence-corrected chi connectivity index (χ1v) is 3.81. The van der Waals surface area contributed by atoms with Gasteiger partial charge in [0.1, 0.15) is 18.3 Å². The molecule has 1 aliphatic heterocycles. The monoisotopic (exact) mass is 189 g/mol. The van der Waals surface area contributed by atoms with Crippen LogP contribution in [0.5, 0.6) is 0 Å². The Morgan fingerprint density at radius 3 is 2.46 bits per heavy atom. The normalized spacial score (nSPS) is 41.2. The smallest absolute Gasteiger partial charge is 0.165 e. The van der Waals surface area contributed by atoms with E-state index in [1.54, 1.807) is 0 Å². The molecule has 0 aromatic carbocycles. The van der Waals surface area contributed by atoms with Crippen molar-refractivity contribution in [3.63, 3.8) is 0 Å². The minimum atomic E-state index is -1.28. The molecule has 13 heavy (non-hydrogen) atoms. The van der Waals surface area contributed by atoms with Crippen LogP contribution < -0.4 is 0 Å². The molecule has 0 radical (unpaired) electrons. The molecule has 5 atom stereocenters. The van der Waals surface area contributed by atoms with Gasteiger partial charge < -0.3 is 20.1 Å². The molecule has 1 rings (SSSR count). The average Bonchev–Trinajstić information content (AvgIpc) is 2.33. The van der Waals surface area contributed by atoms with Gasteiger partial charge in [-0.2, -0.15) is 0 Å². The molecule has 5 unspecified atom stereocenters. The van der Waals surface area contributed by atoms with Gasteiger partial charge in [-0.1, -0.05) is 5.11 Å². The van der Waals surface area contributed by atoms with Crippen LogP contribution in [0.3, 0.4) is 0 Å². The molecule has 0 spiro atoms. The van der Waals surface area contributed by atoms with Crippen LogP contribution in [0.4, 0.5) is 0 Å². The van der Waals surface area contributed by atoms with Crippen molar-refractivity contribution in [2.75, 3.05) is 0 Å². The predicted molar refractivity (Wildman–Crippen MR) is 41.5 cm³/mol. The molecule has 1 aliphatic rings. The van der Waals surface area contributed by atoms with Crippen LogP contribution in [-0.2, 0) is 4.74 Å². The Morgan fingerprint density at radius 2 is 2.08 bits per heavy atom. The Balaban J connectivity index is 2.71. The maximum Gasteiger partial charge on any atom is 0.165 e. The fraction of sp³-hybridized carbons (Fsp3) is 1.00. The lowest BCUT2D eigenvalue weighted by molar-refractivity contribution is -0.0566. The van der Waals surface area contributed by atoms with Gasteiger partial charge in [0.25, 0.3) is 0 Å². The van der Waals surface area contributed by atoms with E-state index in [1.807, 2.05) is 0 Å². The van der Waals surface area contributed by atoms with Gasteiger partial charge in [-0.25, -0.2) is 0 Å². The van der Waals surface area contributed by atoms with Crippen molar-refractivity contribution < 1.29 is 20.1 Å². The van der Waals surface area contributed by atoms with Crippen LogP contribution in [0.25, 0.3) is 10.4 Å². The number of aliphatic hydroxyl groups is 3. The SMILES string of the molecule is CC(O)C1OC(N=[N+]=[N-])C(O)C1O. The first-order chi connectivity index (χ1) is 6.07. The zero-order valence-electron chi connectivity index (χ0n) is 6.98. The molecule has 0 saturated carbocycles. The van der Waals surface area contributed by atoms with Gasteiger partial charge in [0.05, 0.1) is 6.10 Å². The fourth-order valence-corrected chi connectivity index (χ4v) is 1.23. The number of hydrogen-bond donors (Lipinski definition) is 3. The summed E-state index contributed by atoms with van der Waals surface area (Å²) in [6.07, 6.45) is -5.47. The van der Waals surface area contributed by atoms with E-state index in [2.05, 4.69) is 10.0 Å². The number of rotatable bonds is 2. The lowest BCUT2D eigenvalue weighted by Gasteiger charge is -2.16. The molecule has 0 amide bonds. The maximum absolute atomic E-state index is 9.31. The summed E-state index contributed by atoms with van der Waals surface area (Å²) < 4.78 is 4.92. The maximum atomic E-state index is 9.31. The highest BCUT2D eigenvalue weighted by atomic mass is 16.6. The van der Waals surface area contributed by atoms with Crippen LogP contribution in [0.2, 0.25) is 0 Å². The zero-order chi connectivity index (χ0) is 10.0. The summed E-state index contributed by atoms with van der Waals surface area (Å²) in [6.45, 7) is 1.42. The molecule has 0 aliphatic carbocycles. The molecule has 7 nitrogen and oxygen atoms in total. The standard InChI is InChI=1S/C6H11N3O4/c1-2(10)5-3(11)4(12)6(13-5)8-9-7/h2-6,10-12H,1H3. The quantitative estimate of drug-likeness (QED) is 0.297. The van der Waals surface area contributed by atoms with Gasteiger partial charge in [0, 0.05) is 4.91 Å². The highest BCUT2D eigenvalue weighted by molar-refractivity contribution is 4.91. The third-order valence-corrected chi connectivity index (χ3v) is 1.92. The van der Waals surface area contributed by atoms with Crippen LogP contribution in [0, 0.1) is 0 Å². The number of azide groups is 1. The predicted octanol–water partition coefficient (Wildman–Crippen LogP) is -0.876. The molecule has 1 fully saturated rings. The summed E-state index contributed by atoms with van der Waals surface area (Å²) in [6, 6.07) is 0. The number of ether oxygens (including phenoxy) is 1. The van der Waals surface area contributed by atoms with E-state index in [1.165, 1.54) is 6.92 Å². The summed E-state index contributed by atoms with van der Waals surface area (Å²) in [5.74, 6) is 0. The van der Waals surface area contributed by atoms with Gasteiger partial charge in [0.2, 0.25) is 0 Å². The van der Waals surface area contributed by atoms with E-state index < -0.39 is 30.6 Å².